The molecule has 0 bridgehead atoms. The molecule has 0 radical (unpaired) electrons. The predicted octanol–water partition coefficient (Wildman–Crippen LogP) is 8.23. The Hall–Kier alpha value is -4.97. The molecule has 44 heavy (non-hydrogen) atoms. The molecule has 6 rings (SSSR count). The Labute approximate surface area is 256 Å². The Morgan fingerprint density at radius 2 is 1.52 bits per heavy atom. The maximum Gasteiger partial charge on any atom is 0.310 e. The number of ether oxygens (including phenoxy) is 1. The molecule has 1 aromatic heterocycles. The first-order valence-corrected chi connectivity index (χ1v) is 14.8. The van der Waals surface area contributed by atoms with Crippen LogP contribution in [0, 0.1) is 11.2 Å². The first-order chi connectivity index (χ1) is 21.2. The second-order valence-electron chi connectivity index (χ2n) is 12.2. The van der Waals surface area contributed by atoms with Gasteiger partial charge < -0.3 is 14.4 Å². The third kappa shape index (κ3) is 5.55. The minimum atomic E-state index is -0.988. The normalized spacial score (nSPS) is 16.4. The molecule has 0 saturated heterocycles. The lowest BCUT2D eigenvalue weighted by Gasteiger charge is -2.40. The average molecular weight is 588 g/mol. The standard InChI is InChI=1S/C38H34FNO4/c1-37(2,35(41)20-28-23-38(24-28,36(42)43)22-26-10-5-3-6-11-26)34-21-31-32(40(34)30-18-16-29(39)17-19-30)14-9-15-33(31)44-25-27-12-7-4-8-13-27/h3-21H,22-25H2,1-2H3,(H,42,43). The summed E-state index contributed by atoms with van der Waals surface area (Å²) < 4.78 is 22.2. The number of carbonyl (C=O) groups is 2. The number of carboxylic acids is 1. The van der Waals surface area contributed by atoms with Crippen LogP contribution in [0.4, 0.5) is 4.39 Å². The van der Waals surface area contributed by atoms with Gasteiger partial charge in [-0.25, -0.2) is 4.39 Å². The Morgan fingerprint density at radius 3 is 2.16 bits per heavy atom. The highest BCUT2D eigenvalue weighted by atomic mass is 19.1. The Bertz CT molecular complexity index is 1850. The van der Waals surface area contributed by atoms with E-state index in [4.69, 9.17) is 4.74 Å². The summed E-state index contributed by atoms with van der Waals surface area (Å²) in [6.07, 6.45) is 2.71. The molecule has 0 amide bonds. The van der Waals surface area contributed by atoms with Gasteiger partial charge in [0.2, 0.25) is 0 Å². The van der Waals surface area contributed by atoms with Crippen LogP contribution in [0.5, 0.6) is 5.75 Å². The van der Waals surface area contributed by atoms with Crippen LogP contribution in [0.2, 0.25) is 0 Å². The van der Waals surface area contributed by atoms with E-state index in [1.54, 1.807) is 18.2 Å². The maximum absolute atomic E-state index is 14.0. The number of hydrogen-bond donors (Lipinski definition) is 1. The van der Waals surface area contributed by atoms with Gasteiger partial charge in [-0.3, -0.25) is 9.59 Å². The zero-order chi connectivity index (χ0) is 30.9. The molecular weight excluding hydrogens is 553 g/mol. The van der Waals surface area contributed by atoms with Crippen molar-refractivity contribution in [1.82, 2.24) is 4.57 Å². The molecule has 0 atom stereocenters. The number of ketones is 1. The van der Waals surface area contributed by atoms with E-state index in [-0.39, 0.29) is 11.6 Å². The summed E-state index contributed by atoms with van der Waals surface area (Å²) in [5.41, 5.74) is 3.22. The van der Waals surface area contributed by atoms with Gasteiger partial charge in [0.05, 0.1) is 16.3 Å². The van der Waals surface area contributed by atoms with Crippen LogP contribution in [0.3, 0.4) is 0 Å². The molecule has 1 aliphatic rings. The minimum Gasteiger partial charge on any atom is -0.488 e. The van der Waals surface area contributed by atoms with Crippen molar-refractivity contribution in [3.63, 3.8) is 0 Å². The summed E-state index contributed by atoms with van der Waals surface area (Å²) in [5.74, 6) is -0.629. The molecule has 5 nitrogen and oxygen atoms in total. The summed E-state index contributed by atoms with van der Waals surface area (Å²) >= 11 is 0. The number of allylic oxidation sites excluding steroid dienone is 2. The van der Waals surface area contributed by atoms with E-state index in [1.807, 2.05) is 103 Å². The summed E-state index contributed by atoms with van der Waals surface area (Å²) in [6.45, 7) is 4.14. The fourth-order valence-corrected chi connectivity index (χ4v) is 6.14. The number of halogens is 1. The lowest BCUT2D eigenvalue weighted by molar-refractivity contribution is -0.151. The predicted molar refractivity (Wildman–Crippen MR) is 170 cm³/mol. The number of rotatable bonds is 10. The van der Waals surface area contributed by atoms with Gasteiger partial charge in [0, 0.05) is 16.8 Å². The first kappa shape index (κ1) is 29.1. The number of benzene rings is 4. The lowest BCUT2D eigenvalue weighted by Crippen LogP contribution is -2.42. The summed E-state index contributed by atoms with van der Waals surface area (Å²) in [5, 5.41) is 10.9. The molecule has 1 N–H and O–H groups in total. The van der Waals surface area contributed by atoms with Crippen LogP contribution in [0.15, 0.2) is 121 Å². The fraction of sp³-hybridized carbons (Fsp3) is 0.211. The molecule has 6 heteroatoms. The highest BCUT2D eigenvalue weighted by molar-refractivity contribution is 6.01. The average Bonchev–Trinajstić information content (AvgIpc) is 3.41. The molecule has 1 aliphatic carbocycles. The summed E-state index contributed by atoms with van der Waals surface area (Å²) in [6, 6.07) is 33.5. The molecule has 1 fully saturated rings. The highest BCUT2D eigenvalue weighted by Crippen LogP contribution is 2.48. The van der Waals surface area contributed by atoms with Crippen molar-refractivity contribution in [2.24, 2.45) is 5.41 Å². The summed E-state index contributed by atoms with van der Waals surface area (Å²) in [7, 11) is 0. The minimum absolute atomic E-state index is 0.121. The third-order valence-corrected chi connectivity index (χ3v) is 8.69. The van der Waals surface area contributed by atoms with Crippen LogP contribution < -0.4 is 4.74 Å². The van der Waals surface area contributed by atoms with E-state index < -0.39 is 16.8 Å². The first-order valence-electron chi connectivity index (χ1n) is 14.8. The second-order valence-corrected chi connectivity index (χ2v) is 12.2. The Kier molecular flexibility index (Phi) is 7.68. The van der Waals surface area contributed by atoms with Crippen LogP contribution >= 0.6 is 0 Å². The number of aliphatic carboxylic acids is 1. The van der Waals surface area contributed by atoms with E-state index in [0.29, 0.717) is 31.6 Å². The monoisotopic (exact) mass is 587 g/mol. The van der Waals surface area contributed by atoms with Gasteiger partial charge in [-0.15, -0.1) is 0 Å². The molecule has 0 spiro atoms. The topological polar surface area (TPSA) is 68.5 Å². The number of carboxylic acid groups (broad SMARTS) is 1. The van der Waals surface area contributed by atoms with Gasteiger partial charge in [0.1, 0.15) is 18.2 Å². The number of carbonyl (C=O) groups excluding carboxylic acids is 1. The van der Waals surface area contributed by atoms with E-state index >= 15 is 0 Å². The third-order valence-electron chi connectivity index (χ3n) is 8.69. The molecule has 1 heterocycles. The molecule has 4 aromatic carbocycles. The van der Waals surface area contributed by atoms with Gasteiger partial charge in [-0.2, -0.15) is 0 Å². The van der Waals surface area contributed by atoms with Gasteiger partial charge in [-0.05, 0) is 92.8 Å². The van der Waals surface area contributed by atoms with Crippen LogP contribution in [0.1, 0.15) is 43.5 Å². The zero-order valence-electron chi connectivity index (χ0n) is 24.8. The van der Waals surface area contributed by atoms with Gasteiger partial charge in [0.15, 0.2) is 5.78 Å². The van der Waals surface area contributed by atoms with Gasteiger partial charge in [0.25, 0.3) is 0 Å². The van der Waals surface area contributed by atoms with Crippen molar-refractivity contribution in [2.75, 3.05) is 0 Å². The molecule has 0 unspecified atom stereocenters. The number of nitrogens with zero attached hydrogens (tertiary/aromatic N) is 1. The van der Waals surface area contributed by atoms with E-state index in [2.05, 4.69) is 0 Å². The van der Waals surface area contributed by atoms with Crippen LogP contribution in [-0.4, -0.2) is 21.4 Å². The molecular formula is C38H34FNO4. The Balaban J connectivity index is 1.34. The van der Waals surface area contributed by atoms with Gasteiger partial charge >= 0.3 is 5.97 Å². The Morgan fingerprint density at radius 1 is 0.886 bits per heavy atom. The van der Waals surface area contributed by atoms with E-state index in [0.717, 1.165) is 39.0 Å². The number of fused-ring (bicyclic) bond motifs is 1. The van der Waals surface area contributed by atoms with Crippen molar-refractivity contribution >= 4 is 22.7 Å². The molecule has 222 valence electrons. The van der Waals surface area contributed by atoms with Crippen molar-refractivity contribution in [1.29, 1.82) is 0 Å². The molecule has 1 saturated carbocycles. The van der Waals surface area contributed by atoms with E-state index in [9.17, 15) is 19.1 Å². The fourth-order valence-electron chi connectivity index (χ4n) is 6.14. The number of hydrogen-bond acceptors (Lipinski definition) is 3. The van der Waals surface area contributed by atoms with Gasteiger partial charge in [-0.1, -0.05) is 72.3 Å². The molecule has 0 aliphatic heterocycles. The zero-order valence-corrected chi connectivity index (χ0v) is 24.8. The largest absolute Gasteiger partial charge is 0.488 e. The second kappa shape index (κ2) is 11.6. The van der Waals surface area contributed by atoms with Crippen molar-refractivity contribution in [3.8, 4) is 11.4 Å². The smallest absolute Gasteiger partial charge is 0.310 e. The van der Waals surface area contributed by atoms with E-state index in [1.165, 1.54) is 12.1 Å². The maximum atomic E-state index is 14.0. The van der Waals surface area contributed by atoms with Crippen molar-refractivity contribution < 1.29 is 23.8 Å². The van der Waals surface area contributed by atoms with Crippen LogP contribution in [-0.2, 0) is 28.0 Å². The molecule has 5 aromatic rings. The lowest BCUT2D eigenvalue weighted by atomic mass is 9.62. The van der Waals surface area contributed by atoms with Crippen molar-refractivity contribution in [2.45, 2.75) is 45.1 Å². The van der Waals surface area contributed by atoms with Crippen LogP contribution in [0.25, 0.3) is 16.6 Å². The highest BCUT2D eigenvalue weighted by Gasteiger charge is 2.48. The quantitative estimate of drug-likeness (QED) is 0.167. The SMILES string of the molecule is CC(C)(C(=O)C=C1CC(Cc2ccccc2)(C(=O)O)C1)c1cc2c(OCc3ccccc3)cccc2n1-c1ccc(F)cc1. The summed E-state index contributed by atoms with van der Waals surface area (Å²) in [4.78, 5) is 26.3. The van der Waals surface area contributed by atoms with Crippen molar-refractivity contribution in [3.05, 3.63) is 143 Å². The number of aromatic nitrogens is 1.